The number of aromatic hydroxyl groups is 1. The average Bonchev–Trinajstić information content (AvgIpc) is 2.28. The number of phenols is 1. The second-order valence-electron chi connectivity index (χ2n) is 3.91. The molecule has 1 atom stereocenters. The van der Waals surface area contributed by atoms with Crippen molar-refractivity contribution in [3.05, 3.63) is 28.8 Å². The Kier molecular flexibility index (Phi) is 4.78. The van der Waals surface area contributed by atoms with Gasteiger partial charge in [0.15, 0.2) is 0 Å². The van der Waals surface area contributed by atoms with Crippen LogP contribution in [-0.4, -0.2) is 29.0 Å². The van der Waals surface area contributed by atoms with E-state index < -0.39 is 0 Å². The number of hydrogen-bond donors (Lipinski definition) is 2. The van der Waals surface area contributed by atoms with Crippen LogP contribution >= 0.6 is 11.6 Å². The van der Waals surface area contributed by atoms with Crippen molar-refractivity contribution in [2.75, 3.05) is 13.1 Å². The molecule has 94 valence electrons. The molecule has 0 spiro atoms. The van der Waals surface area contributed by atoms with Crippen molar-refractivity contribution < 1.29 is 9.90 Å². The summed E-state index contributed by atoms with van der Waals surface area (Å²) < 4.78 is 0. The second-order valence-corrected chi connectivity index (χ2v) is 4.34. The van der Waals surface area contributed by atoms with Crippen molar-refractivity contribution in [1.82, 2.24) is 4.90 Å². The zero-order valence-corrected chi connectivity index (χ0v) is 10.7. The maximum Gasteiger partial charge on any atom is 0.231 e. The van der Waals surface area contributed by atoms with Crippen LogP contribution < -0.4 is 5.73 Å². The number of primary amides is 1. The fourth-order valence-corrected chi connectivity index (χ4v) is 1.96. The van der Waals surface area contributed by atoms with Crippen LogP contribution in [0.3, 0.4) is 0 Å². The number of likely N-dealkylation sites (N-methyl/N-ethyl adjacent to an activating group) is 1. The molecule has 3 N–H and O–H groups in total. The van der Waals surface area contributed by atoms with Gasteiger partial charge in [0.05, 0.1) is 6.54 Å². The largest absolute Gasteiger partial charge is 0.508 e. The number of phenolic OH excluding ortho intramolecular Hbond substituents is 1. The number of nitrogens with two attached hydrogens (primary N) is 1. The van der Waals surface area contributed by atoms with E-state index in [-0.39, 0.29) is 24.2 Å². The topological polar surface area (TPSA) is 66.6 Å². The van der Waals surface area contributed by atoms with E-state index in [0.29, 0.717) is 17.1 Å². The molecule has 1 unspecified atom stereocenters. The summed E-state index contributed by atoms with van der Waals surface area (Å²) in [5.41, 5.74) is 5.88. The third-order valence-electron chi connectivity index (χ3n) is 2.75. The van der Waals surface area contributed by atoms with Crippen molar-refractivity contribution in [2.45, 2.75) is 19.9 Å². The van der Waals surface area contributed by atoms with Crippen LogP contribution in [0.25, 0.3) is 0 Å². The van der Waals surface area contributed by atoms with E-state index >= 15 is 0 Å². The number of benzene rings is 1. The van der Waals surface area contributed by atoms with E-state index in [2.05, 4.69) is 0 Å². The van der Waals surface area contributed by atoms with Crippen LogP contribution in [0.4, 0.5) is 0 Å². The number of hydrogen-bond acceptors (Lipinski definition) is 3. The lowest BCUT2D eigenvalue weighted by Crippen LogP contribution is -2.35. The van der Waals surface area contributed by atoms with Crippen LogP contribution in [-0.2, 0) is 4.79 Å². The summed E-state index contributed by atoms with van der Waals surface area (Å²) in [4.78, 5) is 12.8. The lowest BCUT2D eigenvalue weighted by molar-refractivity contribution is -0.119. The minimum absolute atomic E-state index is 0.119. The van der Waals surface area contributed by atoms with Gasteiger partial charge in [-0.05, 0) is 31.7 Å². The van der Waals surface area contributed by atoms with E-state index in [9.17, 15) is 9.90 Å². The van der Waals surface area contributed by atoms with Crippen molar-refractivity contribution in [3.8, 4) is 5.75 Å². The highest BCUT2D eigenvalue weighted by Crippen LogP contribution is 2.30. The highest BCUT2D eigenvalue weighted by Gasteiger charge is 2.19. The maximum atomic E-state index is 10.9. The van der Waals surface area contributed by atoms with E-state index in [1.807, 2.05) is 18.7 Å². The number of carbonyl (C=O) groups excluding carboxylic acids is 1. The van der Waals surface area contributed by atoms with Gasteiger partial charge in [0.25, 0.3) is 0 Å². The first-order valence-corrected chi connectivity index (χ1v) is 5.84. The monoisotopic (exact) mass is 256 g/mol. The molecule has 0 aliphatic rings. The second kappa shape index (κ2) is 5.89. The van der Waals surface area contributed by atoms with Gasteiger partial charge in [0, 0.05) is 16.6 Å². The van der Waals surface area contributed by atoms with Gasteiger partial charge >= 0.3 is 0 Å². The lowest BCUT2D eigenvalue weighted by atomic mass is 10.1. The molecule has 5 heteroatoms. The molecule has 0 bridgehead atoms. The van der Waals surface area contributed by atoms with Crippen LogP contribution in [0, 0.1) is 0 Å². The van der Waals surface area contributed by atoms with E-state index in [1.54, 1.807) is 18.2 Å². The summed E-state index contributed by atoms with van der Waals surface area (Å²) in [6.45, 7) is 4.65. The Labute approximate surface area is 106 Å². The number of amides is 1. The number of rotatable bonds is 5. The molecule has 0 saturated heterocycles. The number of carbonyl (C=O) groups is 1. The Morgan fingerprint density at radius 1 is 1.59 bits per heavy atom. The highest BCUT2D eigenvalue weighted by atomic mass is 35.5. The third kappa shape index (κ3) is 3.61. The molecule has 1 aromatic rings. The number of nitrogens with zero attached hydrogens (tertiary/aromatic N) is 1. The van der Waals surface area contributed by atoms with E-state index in [4.69, 9.17) is 17.3 Å². The average molecular weight is 257 g/mol. The first-order chi connectivity index (χ1) is 7.95. The summed E-state index contributed by atoms with van der Waals surface area (Å²) in [6.07, 6.45) is 0. The molecule has 1 aromatic carbocycles. The van der Waals surface area contributed by atoms with Gasteiger partial charge in [-0.2, -0.15) is 0 Å². The van der Waals surface area contributed by atoms with E-state index in [1.165, 1.54) is 0 Å². The maximum absolute atomic E-state index is 10.9. The first kappa shape index (κ1) is 13.8. The SMILES string of the molecule is CCN(CC(N)=O)C(C)c1cc(Cl)ccc1O. The predicted molar refractivity (Wildman–Crippen MR) is 68.0 cm³/mol. The van der Waals surface area contributed by atoms with Crippen LogP contribution in [0.15, 0.2) is 18.2 Å². The predicted octanol–water partition coefficient (Wildman–Crippen LogP) is 1.91. The van der Waals surface area contributed by atoms with Crippen molar-refractivity contribution in [1.29, 1.82) is 0 Å². The molecule has 1 amide bonds. The standard InChI is InChI=1S/C12H17ClN2O2/c1-3-15(7-12(14)17)8(2)10-6-9(13)4-5-11(10)16/h4-6,8,16H,3,7H2,1-2H3,(H2,14,17). The third-order valence-corrected chi connectivity index (χ3v) is 2.99. The highest BCUT2D eigenvalue weighted by molar-refractivity contribution is 6.30. The van der Waals surface area contributed by atoms with Crippen LogP contribution in [0.2, 0.25) is 5.02 Å². The Morgan fingerprint density at radius 2 is 2.24 bits per heavy atom. The van der Waals surface area contributed by atoms with Gasteiger partial charge < -0.3 is 10.8 Å². The zero-order valence-electron chi connectivity index (χ0n) is 9.98. The molecule has 0 radical (unpaired) electrons. The molecular weight excluding hydrogens is 240 g/mol. The van der Waals surface area contributed by atoms with Gasteiger partial charge in [-0.25, -0.2) is 0 Å². The van der Waals surface area contributed by atoms with Crippen LogP contribution in [0.1, 0.15) is 25.5 Å². The Hall–Kier alpha value is -1.26. The molecule has 17 heavy (non-hydrogen) atoms. The molecule has 0 aliphatic carbocycles. The minimum atomic E-state index is -0.389. The number of halogens is 1. The molecule has 0 heterocycles. The van der Waals surface area contributed by atoms with Gasteiger partial charge in [-0.1, -0.05) is 18.5 Å². The van der Waals surface area contributed by atoms with Gasteiger partial charge in [-0.15, -0.1) is 0 Å². The lowest BCUT2D eigenvalue weighted by Gasteiger charge is -2.27. The molecule has 0 aromatic heterocycles. The van der Waals surface area contributed by atoms with Gasteiger partial charge in [-0.3, -0.25) is 9.69 Å². The normalized spacial score (nSPS) is 12.7. The van der Waals surface area contributed by atoms with E-state index in [0.717, 1.165) is 0 Å². The first-order valence-electron chi connectivity index (χ1n) is 5.46. The molecule has 0 saturated carbocycles. The Balaban J connectivity index is 2.96. The molecule has 0 aliphatic heterocycles. The van der Waals surface area contributed by atoms with Crippen molar-refractivity contribution in [2.24, 2.45) is 5.73 Å². The molecular formula is C12H17ClN2O2. The van der Waals surface area contributed by atoms with Crippen LogP contribution in [0.5, 0.6) is 5.75 Å². The van der Waals surface area contributed by atoms with Gasteiger partial charge in [0.2, 0.25) is 5.91 Å². The quantitative estimate of drug-likeness (QED) is 0.846. The summed E-state index contributed by atoms with van der Waals surface area (Å²) in [6, 6.07) is 4.75. The molecule has 4 nitrogen and oxygen atoms in total. The molecule has 0 fully saturated rings. The van der Waals surface area contributed by atoms with Crippen molar-refractivity contribution in [3.63, 3.8) is 0 Å². The summed E-state index contributed by atoms with van der Waals surface area (Å²) in [5, 5.41) is 10.3. The summed E-state index contributed by atoms with van der Waals surface area (Å²) in [7, 11) is 0. The fourth-order valence-electron chi connectivity index (χ4n) is 1.78. The minimum Gasteiger partial charge on any atom is -0.508 e. The Bertz CT molecular complexity index is 409. The smallest absolute Gasteiger partial charge is 0.231 e. The Morgan fingerprint density at radius 3 is 2.76 bits per heavy atom. The van der Waals surface area contributed by atoms with Crippen molar-refractivity contribution >= 4 is 17.5 Å². The fraction of sp³-hybridized carbons (Fsp3) is 0.417. The summed E-state index contributed by atoms with van der Waals surface area (Å²) in [5.74, 6) is -0.218. The molecule has 1 rings (SSSR count). The zero-order chi connectivity index (χ0) is 13.0. The van der Waals surface area contributed by atoms with Gasteiger partial charge in [0.1, 0.15) is 5.75 Å². The summed E-state index contributed by atoms with van der Waals surface area (Å²) >= 11 is 5.89.